The molecule has 0 saturated carbocycles. The number of carbonyl (C=O) groups is 2. The zero-order chi connectivity index (χ0) is 17.2. The average Bonchev–Trinajstić information content (AvgIpc) is 2.87. The van der Waals surface area contributed by atoms with Crippen LogP contribution in [-0.2, 0) is 14.8 Å². The van der Waals surface area contributed by atoms with Crippen LogP contribution >= 0.6 is 0 Å². The van der Waals surface area contributed by atoms with Gasteiger partial charge in [0.05, 0.1) is 10.5 Å². The zero-order valence-corrected chi connectivity index (χ0v) is 13.8. The van der Waals surface area contributed by atoms with Gasteiger partial charge in [0.1, 0.15) is 0 Å². The van der Waals surface area contributed by atoms with Crippen molar-refractivity contribution >= 4 is 21.9 Å². The number of likely N-dealkylation sites (tertiary alicyclic amines) is 1. The molecule has 2 N–H and O–H groups in total. The Labute approximate surface area is 135 Å². The Morgan fingerprint density at radius 1 is 1.35 bits per heavy atom. The Hall–Kier alpha value is -1.93. The first-order valence-corrected chi connectivity index (χ1v) is 8.81. The molecule has 1 aliphatic rings. The van der Waals surface area contributed by atoms with Gasteiger partial charge in [0.2, 0.25) is 15.9 Å². The van der Waals surface area contributed by atoms with Gasteiger partial charge in [0.25, 0.3) is 0 Å². The molecule has 1 heterocycles. The number of aromatic carboxylic acids is 1. The molecule has 1 saturated heterocycles. The topological polar surface area (TPSA) is 104 Å². The fourth-order valence-electron chi connectivity index (χ4n) is 2.53. The molecule has 8 heteroatoms. The Kier molecular flexibility index (Phi) is 5.06. The van der Waals surface area contributed by atoms with Gasteiger partial charge < -0.3 is 10.0 Å². The van der Waals surface area contributed by atoms with E-state index in [9.17, 15) is 18.0 Å². The van der Waals surface area contributed by atoms with Crippen LogP contribution in [0.2, 0.25) is 0 Å². The maximum absolute atomic E-state index is 12.2. The van der Waals surface area contributed by atoms with E-state index in [1.54, 1.807) is 4.90 Å². The second kappa shape index (κ2) is 6.67. The van der Waals surface area contributed by atoms with Crippen LogP contribution in [0.25, 0.3) is 0 Å². The standard InChI is InChI=1S/C15H20N2O5S/c1-10(2)17-9-11(7-14(17)18)8-16-23(21,22)13-5-3-12(4-6-13)15(19)20/h3-6,10-11,16H,7-9H2,1-2H3,(H,19,20). The van der Waals surface area contributed by atoms with Gasteiger partial charge in [-0.15, -0.1) is 0 Å². The highest BCUT2D eigenvalue weighted by atomic mass is 32.2. The van der Waals surface area contributed by atoms with Crippen molar-refractivity contribution in [3.05, 3.63) is 29.8 Å². The van der Waals surface area contributed by atoms with Gasteiger partial charge in [-0.3, -0.25) is 4.79 Å². The number of amides is 1. The highest BCUT2D eigenvalue weighted by Crippen LogP contribution is 2.20. The first-order chi connectivity index (χ1) is 10.7. The molecular weight excluding hydrogens is 320 g/mol. The van der Waals surface area contributed by atoms with E-state index < -0.39 is 16.0 Å². The molecular formula is C15H20N2O5S. The van der Waals surface area contributed by atoms with E-state index in [2.05, 4.69) is 4.72 Å². The molecule has 1 amide bonds. The lowest BCUT2D eigenvalue weighted by atomic mass is 10.1. The lowest BCUT2D eigenvalue weighted by molar-refractivity contribution is -0.129. The first-order valence-electron chi connectivity index (χ1n) is 7.33. The van der Waals surface area contributed by atoms with Crippen molar-refractivity contribution in [1.29, 1.82) is 0 Å². The molecule has 0 bridgehead atoms. The largest absolute Gasteiger partial charge is 0.478 e. The van der Waals surface area contributed by atoms with Gasteiger partial charge in [0.15, 0.2) is 0 Å². The third kappa shape index (κ3) is 4.08. The van der Waals surface area contributed by atoms with Crippen LogP contribution in [-0.4, -0.2) is 49.4 Å². The number of nitrogens with one attached hydrogen (secondary N) is 1. The fourth-order valence-corrected chi connectivity index (χ4v) is 3.65. The van der Waals surface area contributed by atoms with Gasteiger partial charge in [0, 0.05) is 25.6 Å². The van der Waals surface area contributed by atoms with Crippen LogP contribution < -0.4 is 4.72 Å². The number of carbonyl (C=O) groups excluding carboxylic acids is 1. The highest BCUT2D eigenvalue weighted by molar-refractivity contribution is 7.89. The summed E-state index contributed by atoms with van der Waals surface area (Å²) in [5, 5.41) is 8.82. The molecule has 1 fully saturated rings. The molecule has 1 aromatic rings. The van der Waals surface area contributed by atoms with Crippen LogP contribution in [0.15, 0.2) is 29.2 Å². The van der Waals surface area contributed by atoms with Gasteiger partial charge >= 0.3 is 5.97 Å². The number of hydrogen-bond donors (Lipinski definition) is 2. The average molecular weight is 340 g/mol. The van der Waals surface area contributed by atoms with E-state index in [1.807, 2.05) is 13.8 Å². The Morgan fingerprint density at radius 3 is 2.43 bits per heavy atom. The third-order valence-electron chi connectivity index (χ3n) is 3.84. The van der Waals surface area contributed by atoms with Gasteiger partial charge in [-0.1, -0.05) is 0 Å². The maximum atomic E-state index is 12.2. The van der Waals surface area contributed by atoms with Crippen molar-refractivity contribution in [2.24, 2.45) is 5.92 Å². The monoisotopic (exact) mass is 340 g/mol. The van der Waals surface area contributed by atoms with Gasteiger partial charge in [-0.25, -0.2) is 17.9 Å². The summed E-state index contributed by atoms with van der Waals surface area (Å²) in [5.74, 6) is -1.13. The number of nitrogens with zero attached hydrogens (tertiary/aromatic N) is 1. The predicted octanol–water partition coefficient (Wildman–Crippen LogP) is 0.920. The maximum Gasteiger partial charge on any atom is 0.335 e. The molecule has 1 unspecified atom stereocenters. The summed E-state index contributed by atoms with van der Waals surface area (Å²) >= 11 is 0. The molecule has 1 aromatic carbocycles. The Bertz CT molecular complexity index is 697. The van der Waals surface area contributed by atoms with E-state index in [-0.39, 0.29) is 34.9 Å². The number of benzene rings is 1. The summed E-state index contributed by atoms with van der Waals surface area (Å²) in [4.78, 5) is 24.3. The molecule has 23 heavy (non-hydrogen) atoms. The van der Waals surface area contributed by atoms with Crippen LogP contribution in [0, 0.1) is 5.92 Å². The van der Waals surface area contributed by atoms with E-state index in [0.29, 0.717) is 13.0 Å². The van der Waals surface area contributed by atoms with Crippen LogP contribution in [0.5, 0.6) is 0 Å². The smallest absolute Gasteiger partial charge is 0.335 e. The number of sulfonamides is 1. The molecule has 0 radical (unpaired) electrons. The van der Waals surface area contributed by atoms with Crippen molar-refractivity contribution in [1.82, 2.24) is 9.62 Å². The molecule has 0 aromatic heterocycles. The summed E-state index contributed by atoms with van der Waals surface area (Å²) in [6, 6.07) is 5.11. The van der Waals surface area contributed by atoms with Crippen molar-refractivity contribution in [3.63, 3.8) is 0 Å². The minimum atomic E-state index is -3.72. The SMILES string of the molecule is CC(C)N1CC(CNS(=O)(=O)c2ccc(C(=O)O)cc2)CC1=O. The quantitative estimate of drug-likeness (QED) is 0.801. The Morgan fingerprint density at radius 2 is 1.96 bits per heavy atom. The fraction of sp³-hybridized carbons (Fsp3) is 0.467. The molecule has 0 spiro atoms. The molecule has 126 valence electrons. The summed E-state index contributed by atoms with van der Waals surface area (Å²) in [6.45, 7) is 4.57. The predicted molar refractivity (Wildman–Crippen MR) is 83.5 cm³/mol. The van der Waals surface area contributed by atoms with Crippen LogP contribution in [0.1, 0.15) is 30.6 Å². The lowest BCUT2D eigenvalue weighted by Gasteiger charge is -2.21. The highest BCUT2D eigenvalue weighted by Gasteiger charge is 2.31. The second-order valence-electron chi connectivity index (χ2n) is 5.89. The van der Waals surface area contributed by atoms with Crippen LogP contribution in [0.4, 0.5) is 0 Å². The van der Waals surface area contributed by atoms with Crippen molar-refractivity contribution in [2.75, 3.05) is 13.1 Å². The van der Waals surface area contributed by atoms with Crippen molar-refractivity contribution in [3.8, 4) is 0 Å². The van der Waals surface area contributed by atoms with Gasteiger partial charge in [-0.2, -0.15) is 0 Å². The summed E-state index contributed by atoms with van der Waals surface area (Å²) in [5.41, 5.74) is 0.0258. The minimum absolute atomic E-state index is 0.00698. The molecule has 2 rings (SSSR count). The van der Waals surface area contributed by atoms with E-state index in [4.69, 9.17) is 5.11 Å². The number of carboxylic acid groups (broad SMARTS) is 1. The number of rotatable bonds is 6. The van der Waals surface area contributed by atoms with E-state index in [1.165, 1.54) is 24.3 Å². The zero-order valence-electron chi connectivity index (χ0n) is 13.0. The van der Waals surface area contributed by atoms with Crippen LogP contribution in [0.3, 0.4) is 0 Å². The number of carboxylic acids is 1. The molecule has 1 atom stereocenters. The molecule has 1 aliphatic heterocycles. The summed E-state index contributed by atoms with van der Waals surface area (Å²) < 4.78 is 26.9. The third-order valence-corrected chi connectivity index (χ3v) is 5.27. The number of hydrogen-bond acceptors (Lipinski definition) is 4. The van der Waals surface area contributed by atoms with E-state index in [0.717, 1.165) is 0 Å². The molecule has 7 nitrogen and oxygen atoms in total. The first kappa shape index (κ1) is 17.4. The normalized spacial score (nSPS) is 18.7. The van der Waals surface area contributed by atoms with E-state index >= 15 is 0 Å². The van der Waals surface area contributed by atoms with Crippen molar-refractivity contribution in [2.45, 2.75) is 31.2 Å². The minimum Gasteiger partial charge on any atom is -0.478 e. The Balaban J connectivity index is 1.99. The van der Waals surface area contributed by atoms with Gasteiger partial charge in [-0.05, 0) is 44.0 Å². The molecule has 0 aliphatic carbocycles. The lowest BCUT2D eigenvalue weighted by Crippen LogP contribution is -2.34. The second-order valence-corrected chi connectivity index (χ2v) is 7.66. The summed E-state index contributed by atoms with van der Waals surface area (Å²) in [6.07, 6.45) is 0.332. The van der Waals surface area contributed by atoms with Crippen molar-refractivity contribution < 1.29 is 23.1 Å². The summed E-state index contributed by atoms with van der Waals surface area (Å²) in [7, 11) is -3.72.